The third-order valence-corrected chi connectivity index (χ3v) is 4.44. The van der Waals surface area contributed by atoms with E-state index in [0.717, 1.165) is 12.8 Å². The lowest BCUT2D eigenvalue weighted by atomic mass is 9.92. The summed E-state index contributed by atoms with van der Waals surface area (Å²) < 4.78 is 0. The molecule has 0 bridgehead atoms. The molecule has 0 spiro atoms. The number of carbonyl (C=O) groups is 1. The van der Waals surface area contributed by atoms with Crippen LogP contribution in [0.15, 0.2) is 36.7 Å². The molecule has 3 rings (SSSR count). The van der Waals surface area contributed by atoms with E-state index in [2.05, 4.69) is 10.2 Å². The van der Waals surface area contributed by atoms with Gasteiger partial charge in [0.2, 0.25) is 0 Å². The first-order valence-electron chi connectivity index (χ1n) is 7.87. The molecule has 1 aliphatic rings. The highest BCUT2D eigenvalue weighted by molar-refractivity contribution is 5.98. The quantitative estimate of drug-likeness (QED) is 0.449. The number of amidine groups is 1. The Kier molecular flexibility index (Phi) is 4.57. The fraction of sp³-hybridized carbons (Fsp3) is 0.375. The molecule has 126 valence electrons. The SMILES string of the molecule is C[C@@H]1CC[C@@H](C(=N)NO)CN1C(=O)c1ccccc1-n1nccn1. The number of hydroxylamine groups is 1. The van der Waals surface area contributed by atoms with Crippen molar-refractivity contribution in [2.24, 2.45) is 5.92 Å². The van der Waals surface area contributed by atoms with Crippen molar-refractivity contribution in [1.29, 1.82) is 5.41 Å². The van der Waals surface area contributed by atoms with Crippen molar-refractivity contribution in [2.45, 2.75) is 25.8 Å². The van der Waals surface area contributed by atoms with E-state index in [0.29, 0.717) is 17.8 Å². The largest absolute Gasteiger partial charge is 0.335 e. The molecule has 1 amide bonds. The van der Waals surface area contributed by atoms with Gasteiger partial charge in [-0.3, -0.25) is 20.9 Å². The van der Waals surface area contributed by atoms with Crippen LogP contribution in [0.3, 0.4) is 0 Å². The lowest BCUT2D eigenvalue weighted by Gasteiger charge is -2.38. The first kappa shape index (κ1) is 16.1. The maximum Gasteiger partial charge on any atom is 0.256 e. The zero-order valence-electron chi connectivity index (χ0n) is 13.4. The first-order valence-corrected chi connectivity index (χ1v) is 7.87. The summed E-state index contributed by atoms with van der Waals surface area (Å²) in [6.45, 7) is 2.39. The van der Waals surface area contributed by atoms with Crippen LogP contribution in [0.25, 0.3) is 5.69 Å². The third-order valence-electron chi connectivity index (χ3n) is 4.44. The fourth-order valence-electron chi connectivity index (χ4n) is 3.04. The third kappa shape index (κ3) is 3.00. The highest BCUT2D eigenvalue weighted by atomic mass is 16.5. The minimum Gasteiger partial charge on any atom is -0.335 e. The van der Waals surface area contributed by atoms with E-state index in [1.54, 1.807) is 29.4 Å². The Morgan fingerprint density at radius 1 is 1.29 bits per heavy atom. The number of nitrogens with one attached hydrogen (secondary N) is 2. The second kappa shape index (κ2) is 6.79. The van der Waals surface area contributed by atoms with Crippen LogP contribution in [0.4, 0.5) is 0 Å². The van der Waals surface area contributed by atoms with E-state index in [9.17, 15) is 4.79 Å². The van der Waals surface area contributed by atoms with E-state index in [4.69, 9.17) is 10.6 Å². The van der Waals surface area contributed by atoms with E-state index in [-0.39, 0.29) is 23.7 Å². The van der Waals surface area contributed by atoms with Crippen LogP contribution >= 0.6 is 0 Å². The minimum atomic E-state index is -0.190. The van der Waals surface area contributed by atoms with Crippen molar-refractivity contribution in [1.82, 2.24) is 25.4 Å². The average Bonchev–Trinajstić information content (AvgIpc) is 3.15. The van der Waals surface area contributed by atoms with E-state index >= 15 is 0 Å². The number of aromatic nitrogens is 3. The highest BCUT2D eigenvalue weighted by Gasteiger charge is 2.32. The molecule has 0 unspecified atom stereocenters. The van der Waals surface area contributed by atoms with Crippen molar-refractivity contribution >= 4 is 11.7 Å². The number of benzene rings is 1. The molecule has 2 aromatic rings. The zero-order valence-corrected chi connectivity index (χ0v) is 13.4. The number of amides is 1. The number of hydrogen-bond donors (Lipinski definition) is 3. The molecule has 0 saturated carbocycles. The van der Waals surface area contributed by atoms with Crippen LogP contribution < -0.4 is 5.48 Å². The Balaban J connectivity index is 1.90. The number of para-hydroxylation sites is 1. The van der Waals surface area contributed by atoms with E-state index < -0.39 is 0 Å². The van der Waals surface area contributed by atoms with Gasteiger partial charge < -0.3 is 4.90 Å². The lowest BCUT2D eigenvalue weighted by molar-refractivity contribution is 0.0594. The molecule has 0 aliphatic carbocycles. The second-order valence-electron chi connectivity index (χ2n) is 5.94. The number of carbonyl (C=O) groups excluding carboxylic acids is 1. The molecule has 1 saturated heterocycles. The summed E-state index contributed by atoms with van der Waals surface area (Å²) in [4.78, 5) is 16.3. The minimum absolute atomic E-state index is 0.0433. The Hall–Kier alpha value is -2.74. The number of nitrogens with zero attached hydrogens (tertiary/aromatic N) is 4. The van der Waals surface area contributed by atoms with Crippen LogP contribution in [0.5, 0.6) is 0 Å². The van der Waals surface area contributed by atoms with Crippen molar-refractivity contribution in [3.8, 4) is 5.69 Å². The summed E-state index contributed by atoms with van der Waals surface area (Å²) in [7, 11) is 0. The van der Waals surface area contributed by atoms with Gasteiger partial charge in [0, 0.05) is 18.5 Å². The molecular weight excluding hydrogens is 308 g/mol. The first-order chi connectivity index (χ1) is 11.6. The maximum atomic E-state index is 13.1. The predicted molar refractivity (Wildman–Crippen MR) is 87.2 cm³/mol. The van der Waals surface area contributed by atoms with Gasteiger partial charge in [-0.2, -0.15) is 15.0 Å². The topological polar surface area (TPSA) is 107 Å². The Bertz CT molecular complexity index is 730. The lowest BCUT2D eigenvalue weighted by Crippen LogP contribution is -2.49. The summed E-state index contributed by atoms with van der Waals surface area (Å²) in [6.07, 6.45) is 4.67. The molecule has 1 fully saturated rings. The molecular formula is C16H20N6O2. The second-order valence-corrected chi connectivity index (χ2v) is 5.94. The molecule has 8 nitrogen and oxygen atoms in total. The van der Waals surface area contributed by atoms with Crippen LogP contribution in [-0.2, 0) is 0 Å². The van der Waals surface area contributed by atoms with Crippen molar-refractivity contribution in [2.75, 3.05) is 6.54 Å². The van der Waals surface area contributed by atoms with Gasteiger partial charge in [-0.05, 0) is 31.9 Å². The number of likely N-dealkylation sites (tertiary alicyclic amines) is 1. The van der Waals surface area contributed by atoms with Gasteiger partial charge in [-0.1, -0.05) is 12.1 Å². The van der Waals surface area contributed by atoms with Gasteiger partial charge in [0.05, 0.1) is 23.6 Å². The average molecular weight is 328 g/mol. The summed E-state index contributed by atoms with van der Waals surface area (Å²) in [5.41, 5.74) is 3.04. The van der Waals surface area contributed by atoms with Gasteiger partial charge in [-0.25, -0.2) is 0 Å². The Morgan fingerprint density at radius 2 is 2.00 bits per heavy atom. The molecule has 1 aliphatic heterocycles. The van der Waals surface area contributed by atoms with Crippen LogP contribution in [0.1, 0.15) is 30.1 Å². The van der Waals surface area contributed by atoms with E-state index in [1.807, 2.05) is 24.5 Å². The highest BCUT2D eigenvalue weighted by Crippen LogP contribution is 2.25. The predicted octanol–water partition coefficient (Wildman–Crippen LogP) is 1.46. The van der Waals surface area contributed by atoms with Crippen molar-refractivity contribution in [3.63, 3.8) is 0 Å². The van der Waals surface area contributed by atoms with Gasteiger partial charge in [-0.15, -0.1) is 0 Å². The Labute approximate surface area is 139 Å². The maximum absolute atomic E-state index is 13.1. The molecule has 1 aromatic heterocycles. The zero-order chi connectivity index (χ0) is 17.1. The van der Waals surface area contributed by atoms with Gasteiger partial charge in [0.25, 0.3) is 5.91 Å². The molecule has 1 aromatic carbocycles. The van der Waals surface area contributed by atoms with Crippen molar-refractivity contribution < 1.29 is 10.0 Å². The Morgan fingerprint density at radius 3 is 2.71 bits per heavy atom. The normalized spacial score (nSPS) is 20.7. The summed E-state index contributed by atoms with van der Waals surface area (Å²) in [6, 6.07) is 7.27. The number of hydrogen-bond acceptors (Lipinski definition) is 5. The summed E-state index contributed by atoms with van der Waals surface area (Å²) in [5.74, 6) is -0.266. The van der Waals surface area contributed by atoms with Crippen LogP contribution in [-0.4, -0.2) is 49.4 Å². The molecule has 2 atom stereocenters. The molecule has 3 N–H and O–H groups in total. The molecule has 0 radical (unpaired) electrons. The summed E-state index contributed by atoms with van der Waals surface area (Å²) in [5, 5.41) is 24.9. The van der Waals surface area contributed by atoms with Crippen LogP contribution in [0.2, 0.25) is 0 Å². The number of piperidine rings is 1. The molecule has 8 heteroatoms. The monoisotopic (exact) mass is 328 g/mol. The van der Waals surface area contributed by atoms with Crippen molar-refractivity contribution in [3.05, 3.63) is 42.2 Å². The molecule has 24 heavy (non-hydrogen) atoms. The number of rotatable bonds is 3. The smallest absolute Gasteiger partial charge is 0.256 e. The van der Waals surface area contributed by atoms with Gasteiger partial charge in [0.1, 0.15) is 5.84 Å². The fourth-order valence-corrected chi connectivity index (χ4v) is 3.04. The van der Waals surface area contributed by atoms with E-state index in [1.165, 1.54) is 4.80 Å². The summed E-state index contributed by atoms with van der Waals surface area (Å²) >= 11 is 0. The van der Waals surface area contributed by atoms with Gasteiger partial charge in [0.15, 0.2) is 0 Å². The molecule has 2 heterocycles. The standard InChI is InChI=1S/C16H20N6O2/c1-11-6-7-12(15(17)20-24)10-21(11)16(23)13-4-2-3-5-14(13)22-18-8-9-19-22/h2-5,8-9,11-12,24H,6-7,10H2,1H3,(H2,17,20)/t11-,12-/m1/s1. The van der Waals surface area contributed by atoms with Crippen LogP contribution in [0, 0.1) is 11.3 Å². The van der Waals surface area contributed by atoms with Gasteiger partial charge >= 0.3 is 0 Å².